The maximum atomic E-state index is 12.9. The van der Waals surface area contributed by atoms with Crippen LogP contribution in [0, 0.1) is 0 Å². The van der Waals surface area contributed by atoms with Crippen molar-refractivity contribution >= 4 is 29.0 Å². The molecular formula is C18H19N3O3S. The van der Waals surface area contributed by atoms with Gasteiger partial charge in [0.1, 0.15) is 5.75 Å². The second kappa shape index (κ2) is 7.40. The van der Waals surface area contributed by atoms with Crippen LogP contribution < -0.4 is 20.7 Å². The van der Waals surface area contributed by atoms with Gasteiger partial charge in [0, 0.05) is 10.6 Å². The number of hydrogen-bond acceptors (Lipinski definition) is 4. The number of ether oxygens (including phenoxy) is 1. The van der Waals surface area contributed by atoms with Crippen LogP contribution >= 0.6 is 11.3 Å². The highest BCUT2D eigenvalue weighted by Gasteiger charge is 2.32. The van der Waals surface area contributed by atoms with E-state index in [0.717, 1.165) is 4.88 Å². The molecule has 25 heavy (non-hydrogen) atoms. The van der Waals surface area contributed by atoms with Crippen LogP contribution in [0.4, 0.5) is 10.5 Å². The van der Waals surface area contributed by atoms with E-state index < -0.39 is 6.04 Å². The lowest BCUT2D eigenvalue weighted by molar-refractivity contribution is -0.113. The Balaban J connectivity index is 1.91. The van der Waals surface area contributed by atoms with Gasteiger partial charge in [-0.15, -0.1) is 11.3 Å². The number of benzene rings is 1. The summed E-state index contributed by atoms with van der Waals surface area (Å²) < 4.78 is 5.55. The largest absolute Gasteiger partial charge is 0.492 e. The highest BCUT2D eigenvalue weighted by atomic mass is 32.1. The third kappa shape index (κ3) is 3.66. The Morgan fingerprint density at radius 2 is 2.08 bits per heavy atom. The number of anilines is 1. The third-order valence-corrected chi connectivity index (χ3v) is 4.71. The van der Waals surface area contributed by atoms with Crippen LogP contribution in [0.25, 0.3) is 0 Å². The highest BCUT2D eigenvalue weighted by molar-refractivity contribution is 7.10. The quantitative estimate of drug-likeness (QED) is 0.767. The van der Waals surface area contributed by atoms with Crippen molar-refractivity contribution in [3.05, 3.63) is 57.9 Å². The molecule has 0 saturated carbocycles. The van der Waals surface area contributed by atoms with E-state index in [4.69, 9.17) is 4.74 Å². The molecule has 0 unspecified atom stereocenters. The van der Waals surface area contributed by atoms with Crippen LogP contribution in [0.5, 0.6) is 5.75 Å². The monoisotopic (exact) mass is 357 g/mol. The average Bonchev–Trinajstić information content (AvgIpc) is 3.10. The first-order valence-electron chi connectivity index (χ1n) is 7.95. The van der Waals surface area contributed by atoms with E-state index in [2.05, 4.69) is 16.0 Å². The summed E-state index contributed by atoms with van der Waals surface area (Å²) in [4.78, 5) is 25.7. The normalized spacial score (nSPS) is 16.9. The SMILES string of the molecule is CCOc1ccccc1NC(=O)C1=C(C)NC(=O)N[C@H]1c1cccs1. The van der Waals surface area contributed by atoms with Crippen molar-refractivity contribution in [3.8, 4) is 5.75 Å². The van der Waals surface area contributed by atoms with Crippen molar-refractivity contribution in [1.82, 2.24) is 10.6 Å². The number of para-hydroxylation sites is 2. The van der Waals surface area contributed by atoms with Gasteiger partial charge in [0.2, 0.25) is 0 Å². The first kappa shape index (κ1) is 17.0. The molecule has 1 atom stereocenters. The number of amides is 3. The maximum absolute atomic E-state index is 12.9. The van der Waals surface area contributed by atoms with Gasteiger partial charge in [0.05, 0.1) is 23.9 Å². The Morgan fingerprint density at radius 3 is 2.80 bits per heavy atom. The zero-order valence-corrected chi connectivity index (χ0v) is 14.8. The lowest BCUT2D eigenvalue weighted by Gasteiger charge is -2.27. The van der Waals surface area contributed by atoms with Crippen molar-refractivity contribution in [1.29, 1.82) is 0 Å². The molecule has 0 spiro atoms. The molecule has 1 aliphatic rings. The maximum Gasteiger partial charge on any atom is 0.319 e. The molecule has 0 saturated heterocycles. The average molecular weight is 357 g/mol. The van der Waals surface area contributed by atoms with Gasteiger partial charge >= 0.3 is 6.03 Å². The zero-order chi connectivity index (χ0) is 17.8. The van der Waals surface area contributed by atoms with E-state index in [9.17, 15) is 9.59 Å². The second-order valence-corrected chi connectivity index (χ2v) is 6.45. The summed E-state index contributed by atoms with van der Waals surface area (Å²) in [5.74, 6) is 0.327. The van der Waals surface area contributed by atoms with E-state index in [0.29, 0.717) is 29.3 Å². The molecule has 3 amide bonds. The molecule has 1 aliphatic heterocycles. The minimum Gasteiger partial charge on any atom is -0.492 e. The van der Waals surface area contributed by atoms with Crippen LogP contribution in [0.3, 0.4) is 0 Å². The molecule has 0 bridgehead atoms. The Morgan fingerprint density at radius 1 is 1.28 bits per heavy atom. The van der Waals surface area contributed by atoms with Crippen LogP contribution in [-0.2, 0) is 4.79 Å². The van der Waals surface area contributed by atoms with E-state index in [1.165, 1.54) is 11.3 Å². The molecule has 1 aromatic carbocycles. The summed E-state index contributed by atoms with van der Waals surface area (Å²) in [7, 11) is 0. The van der Waals surface area contributed by atoms with Gasteiger partial charge in [0.15, 0.2) is 0 Å². The smallest absolute Gasteiger partial charge is 0.319 e. The summed E-state index contributed by atoms with van der Waals surface area (Å²) in [5.41, 5.74) is 1.61. The minimum atomic E-state index is -0.479. The van der Waals surface area contributed by atoms with Gasteiger partial charge in [0.25, 0.3) is 5.91 Å². The molecule has 0 fully saturated rings. The molecular weight excluding hydrogens is 338 g/mol. The standard InChI is InChI=1S/C18H19N3O3S/c1-3-24-13-8-5-4-7-12(13)20-17(22)15-11(2)19-18(23)21-16(15)14-9-6-10-25-14/h4-10,16H,3H2,1-2H3,(H,20,22)(H2,19,21,23)/t16-/m0/s1. The number of hydrogen-bond donors (Lipinski definition) is 3. The van der Waals surface area contributed by atoms with Gasteiger partial charge in [-0.3, -0.25) is 4.79 Å². The number of allylic oxidation sites excluding steroid dienone is 1. The molecule has 2 heterocycles. The molecule has 3 N–H and O–H groups in total. The molecule has 3 rings (SSSR count). The second-order valence-electron chi connectivity index (χ2n) is 5.47. The van der Waals surface area contributed by atoms with Gasteiger partial charge in [-0.1, -0.05) is 18.2 Å². The zero-order valence-electron chi connectivity index (χ0n) is 14.0. The Kier molecular flexibility index (Phi) is 5.04. The number of carbonyl (C=O) groups is 2. The summed E-state index contributed by atoms with van der Waals surface area (Å²) in [6.45, 7) is 4.12. The fourth-order valence-corrected chi connectivity index (χ4v) is 3.49. The van der Waals surface area contributed by atoms with Crippen molar-refractivity contribution in [2.75, 3.05) is 11.9 Å². The summed E-state index contributed by atoms with van der Waals surface area (Å²) in [6.07, 6.45) is 0. The number of nitrogens with one attached hydrogen (secondary N) is 3. The van der Waals surface area contributed by atoms with Gasteiger partial charge < -0.3 is 20.7 Å². The molecule has 0 aliphatic carbocycles. The Bertz CT molecular complexity index is 815. The van der Waals surface area contributed by atoms with Crippen LogP contribution in [-0.4, -0.2) is 18.5 Å². The molecule has 7 heteroatoms. The van der Waals surface area contributed by atoms with Crippen molar-refractivity contribution in [2.24, 2.45) is 0 Å². The first-order chi connectivity index (χ1) is 12.1. The van der Waals surface area contributed by atoms with E-state index in [1.807, 2.05) is 36.6 Å². The fraction of sp³-hybridized carbons (Fsp3) is 0.222. The fourth-order valence-electron chi connectivity index (χ4n) is 2.70. The predicted octanol–water partition coefficient (Wildman–Crippen LogP) is 3.41. The number of urea groups is 1. The van der Waals surface area contributed by atoms with E-state index in [1.54, 1.807) is 19.1 Å². The Labute approximate surface area is 149 Å². The van der Waals surface area contributed by atoms with Gasteiger partial charge in [-0.2, -0.15) is 0 Å². The molecule has 1 aromatic heterocycles. The first-order valence-corrected chi connectivity index (χ1v) is 8.83. The van der Waals surface area contributed by atoms with Crippen molar-refractivity contribution < 1.29 is 14.3 Å². The van der Waals surface area contributed by atoms with E-state index in [-0.39, 0.29) is 11.9 Å². The molecule has 6 nitrogen and oxygen atoms in total. The number of carbonyl (C=O) groups excluding carboxylic acids is 2. The predicted molar refractivity (Wildman–Crippen MR) is 97.7 cm³/mol. The van der Waals surface area contributed by atoms with Gasteiger partial charge in [-0.05, 0) is 37.4 Å². The summed E-state index contributed by atoms with van der Waals surface area (Å²) in [6, 6.07) is 10.3. The van der Waals surface area contributed by atoms with Gasteiger partial charge in [-0.25, -0.2) is 4.79 Å². The minimum absolute atomic E-state index is 0.282. The Hall–Kier alpha value is -2.80. The van der Waals surface area contributed by atoms with Crippen LogP contribution in [0.2, 0.25) is 0 Å². The van der Waals surface area contributed by atoms with Crippen molar-refractivity contribution in [3.63, 3.8) is 0 Å². The number of rotatable bonds is 5. The van der Waals surface area contributed by atoms with E-state index >= 15 is 0 Å². The lowest BCUT2D eigenvalue weighted by atomic mass is 10.0. The van der Waals surface area contributed by atoms with Crippen molar-refractivity contribution in [2.45, 2.75) is 19.9 Å². The van der Waals surface area contributed by atoms with Crippen LogP contribution in [0.1, 0.15) is 24.8 Å². The summed E-state index contributed by atoms with van der Waals surface area (Å²) in [5, 5.41) is 10.3. The topological polar surface area (TPSA) is 79.5 Å². The lowest BCUT2D eigenvalue weighted by Crippen LogP contribution is -2.45. The molecule has 130 valence electrons. The van der Waals surface area contributed by atoms with Crippen LogP contribution in [0.15, 0.2) is 53.0 Å². The highest BCUT2D eigenvalue weighted by Crippen LogP contribution is 2.31. The third-order valence-electron chi connectivity index (χ3n) is 3.78. The molecule has 0 radical (unpaired) electrons. The summed E-state index contributed by atoms with van der Waals surface area (Å²) >= 11 is 1.49. The number of thiophene rings is 1. The molecule has 2 aromatic rings.